The van der Waals surface area contributed by atoms with Gasteiger partial charge in [0.25, 0.3) is 0 Å². The molecule has 0 bridgehead atoms. The van der Waals surface area contributed by atoms with Crippen molar-refractivity contribution in [2.45, 2.75) is 80.1 Å². The van der Waals surface area contributed by atoms with Crippen molar-refractivity contribution in [1.82, 2.24) is 9.80 Å². The highest BCUT2D eigenvalue weighted by Gasteiger charge is 2.33. The lowest BCUT2D eigenvalue weighted by molar-refractivity contribution is -0.142. The maximum atomic E-state index is 12.9. The topological polar surface area (TPSA) is 23.6 Å². The third-order valence-corrected chi connectivity index (χ3v) is 5.36. The van der Waals surface area contributed by atoms with Crippen LogP contribution < -0.4 is 0 Å². The van der Waals surface area contributed by atoms with Gasteiger partial charge in [0, 0.05) is 31.6 Å². The lowest BCUT2D eigenvalue weighted by atomic mass is 9.78. The average Bonchev–Trinajstić information content (AvgIpc) is 2.47. The van der Waals surface area contributed by atoms with Crippen LogP contribution in [0.3, 0.4) is 0 Å². The Morgan fingerprint density at radius 3 is 2.00 bits per heavy atom. The minimum Gasteiger partial charge on any atom is -0.340 e. The molecule has 0 aliphatic carbocycles. The standard InChI is InChI=1S/C20H40N2O/c1-7-10-19(3,4)11-9-12-20(5,6)18(23)22-16-14-21(13-8-2)15-17-22/h7-17H2,1-6H3. The van der Waals surface area contributed by atoms with Gasteiger partial charge in [-0.3, -0.25) is 9.69 Å². The molecule has 1 saturated heterocycles. The van der Waals surface area contributed by atoms with E-state index in [4.69, 9.17) is 0 Å². The van der Waals surface area contributed by atoms with Crippen LogP contribution in [0.1, 0.15) is 80.1 Å². The second-order valence-electron chi connectivity index (χ2n) is 8.79. The molecule has 0 unspecified atom stereocenters. The van der Waals surface area contributed by atoms with E-state index in [9.17, 15) is 4.79 Å². The fraction of sp³-hybridized carbons (Fsp3) is 0.950. The van der Waals surface area contributed by atoms with Crippen molar-refractivity contribution in [1.29, 1.82) is 0 Å². The van der Waals surface area contributed by atoms with Gasteiger partial charge in [0.1, 0.15) is 0 Å². The molecule has 3 heteroatoms. The Morgan fingerprint density at radius 1 is 0.870 bits per heavy atom. The maximum absolute atomic E-state index is 12.9. The summed E-state index contributed by atoms with van der Waals surface area (Å²) in [6.07, 6.45) is 7.11. The van der Waals surface area contributed by atoms with Gasteiger partial charge >= 0.3 is 0 Å². The molecule has 23 heavy (non-hydrogen) atoms. The number of piperazine rings is 1. The van der Waals surface area contributed by atoms with Crippen molar-refractivity contribution in [3.8, 4) is 0 Å². The number of nitrogens with zero attached hydrogens (tertiary/aromatic N) is 2. The van der Waals surface area contributed by atoms with E-state index in [1.807, 2.05) is 0 Å². The Balaban J connectivity index is 2.42. The van der Waals surface area contributed by atoms with E-state index in [1.54, 1.807) is 0 Å². The second kappa shape index (κ2) is 9.05. The number of hydrogen-bond donors (Lipinski definition) is 0. The Labute approximate surface area is 144 Å². The minimum atomic E-state index is -0.213. The van der Waals surface area contributed by atoms with Gasteiger partial charge in [-0.15, -0.1) is 0 Å². The first-order chi connectivity index (χ1) is 10.7. The van der Waals surface area contributed by atoms with Crippen LogP contribution in [0.25, 0.3) is 0 Å². The van der Waals surface area contributed by atoms with Crippen molar-refractivity contribution >= 4 is 5.91 Å². The summed E-state index contributed by atoms with van der Waals surface area (Å²) in [5.41, 5.74) is 0.203. The summed E-state index contributed by atoms with van der Waals surface area (Å²) >= 11 is 0. The molecule has 1 aliphatic rings. The van der Waals surface area contributed by atoms with Crippen LogP contribution in [-0.2, 0) is 4.79 Å². The molecule has 0 N–H and O–H groups in total. The highest BCUT2D eigenvalue weighted by Crippen LogP contribution is 2.33. The van der Waals surface area contributed by atoms with Gasteiger partial charge in [-0.1, -0.05) is 54.4 Å². The fourth-order valence-electron chi connectivity index (χ4n) is 3.84. The number of carbonyl (C=O) groups is 1. The average molecular weight is 325 g/mol. The fourth-order valence-corrected chi connectivity index (χ4v) is 3.84. The van der Waals surface area contributed by atoms with E-state index < -0.39 is 0 Å². The van der Waals surface area contributed by atoms with E-state index >= 15 is 0 Å². The van der Waals surface area contributed by atoms with Crippen molar-refractivity contribution in [3.63, 3.8) is 0 Å². The molecule has 0 aromatic carbocycles. The highest BCUT2D eigenvalue weighted by molar-refractivity contribution is 5.82. The van der Waals surface area contributed by atoms with E-state index in [1.165, 1.54) is 25.7 Å². The van der Waals surface area contributed by atoms with Crippen LogP contribution >= 0.6 is 0 Å². The molecule has 0 aromatic heterocycles. The molecule has 0 saturated carbocycles. The SMILES string of the molecule is CCCN1CCN(C(=O)C(C)(C)CCCC(C)(C)CCC)CC1. The third-order valence-electron chi connectivity index (χ3n) is 5.36. The molecule has 0 atom stereocenters. The van der Waals surface area contributed by atoms with Gasteiger partial charge in [0.05, 0.1) is 0 Å². The molecule has 0 spiro atoms. The molecular weight excluding hydrogens is 284 g/mol. The lowest BCUT2D eigenvalue weighted by Gasteiger charge is -2.39. The predicted molar refractivity (Wildman–Crippen MR) is 99.6 cm³/mol. The van der Waals surface area contributed by atoms with Crippen molar-refractivity contribution < 1.29 is 4.79 Å². The maximum Gasteiger partial charge on any atom is 0.228 e. The van der Waals surface area contributed by atoms with Crippen molar-refractivity contribution in [2.24, 2.45) is 10.8 Å². The second-order valence-corrected chi connectivity index (χ2v) is 8.79. The van der Waals surface area contributed by atoms with Crippen LogP contribution in [0.5, 0.6) is 0 Å². The van der Waals surface area contributed by atoms with Crippen LogP contribution in [-0.4, -0.2) is 48.4 Å². The number of amides is 1. The Morgan fingerprint density at radius 2 is 1.48 bits per heavy atom. The van der Waals surface area contributed by atoms with Gasteiger partial charge in [0.15, 0.2) is 0 Å². The predicted octanol–water partition coefficient (Wildman–Crippen LogP) is 4.56. The van der Waals surface area contributed by atoms with Crippen LogP contribution in [0.4, 0.5) is 0 Å². The summed E-state index contributed by atoms with van der Waals surface area (Å²) in [5, 5.41) is 0. The van der Waals surface area contributed by atoms with E-state index in [0.717, 1.165) is 45.6 Å². The summed E-state index contributed by atoms with van der Waals surface area (Å²) in [7, 11) is 0. The van der Waals surface area contributed by atoms with E-state index in [0.29, 0.717) is 11.3 Å². The van der Waals surface area contributed by atoms with Gasteiger partial charge < -0.3 is 4.90 Å². The van der Waals surface area contributed by atoms with Gasteiger partial charge in [-0.25, -0.2) is 0 Å². The molecular formula is C20H40N2O. The normalized spacial score (nSPS) is 17.6. The molecule has 0 aromatic rings. The van der Waals surface area contributed by atoms with Crippen molar-refractivity contribution in [2.75, 3.05) is 32.7 Å². The van der Waals surface area contributed by atoms with E-state index in [-0.39, 0.29) is 5.41 Å². The molecule has 0 radical (unpaired) electrons. The lowest BCUT2D eigenvalue weighted by Crippen LogP contribution is -2.52. The quantitative estimate of drug-likeness (QED) is 0.620. The molecule has 136 valence electrons. The van der Waals surface area contributed by atoms with Gasteiger partial charge in [-0.2, -0.15) is 0 Å². The minimum absolute atomic E-state index is 0.213. The Hall–Kier alpha value is -0.570. The molecule has 1 fully saturated rings. The summed E-state index contributed by atoms with van der Waals surface area (Å²) in [6.45, 7) is 18.5. The molecule has 1 rings (SSSR count). The van der Waals surface area contributed by atoms with Crippen LogP contribution in [0.15, 0.2) is 0 Å². The number of rotatable bonds is 9. The Bertz CT molecular complexity index is 355. The highest BCUT2D eigenvalue weighted by atomic mass is 16.2. The molecule has 3 nitrogen and oxygen atoms in total. The zero-order valence-electron chi connectivity index (χ0n) is 16.6. The third kappa shape index (κ3) is 6.82. The van der Waals surface area contributed by atoms with Crippen LogP contribution in [0, 0.1) is 10.8 Å². The summed E-state index contributed by atoms with van der Waals surface area (Å²) < 4.78 is 0. The number of hydrogen-bond acceptors (Lipinski definition) is 2. The molecule has 1 aliphatic heterocycles. The monoisotopic (exact) mass is 324 g/mol. The van der Waals surface area contributed by atoms with Gasteiger partial charge in [0.2, 0.25) is 5.91 Å². The van der Waals surface area contributed by atoms with Gasteiger partial charge in [-0.05, 0) is 37.6 Å². The first kappa shape index (κ1) is 20.5. The Kier molecular flexibility index (Phi) is 8.06. The molecule has 1 amide bonds. The summed E-state index contributed by atoms with van der Waals surface area (Å²) in [5.74, 6) is 0.363. The van der Waals surface area contributed by atoms with Crippen LogP contribution in [0.2, 0.25) is 0 Å². The smallest absolute Gasteiger partial charge is 0.228 e. The zero-order chi connectivity index (χ0) is 17.5. The first-order valence-corrected chi connectivity index (χ1v) is 9.73. The largest absolute Gasteiger partial charge is 0.340 e. The summed E-state index contributed by atoms with van der Waals surface area (Å²) in [4.78, 5) is 17.4. The van der Waals surface area contributed by atoms with E-state index in [2.05, 4.69) is 51.3 Å². The summed E-state index contributed by atoms with van der Waals surface area (Å²) in [6, 6.07) is 0. The van der Waals surface area contributed by atoms with Crippen molar-refractivity contribution in [3.05, 3.63) is 0 Å². The zero-order valence-corrected chi connectivity index (χ0v) is 16.6. The number of carbonyl (C=O) groups excluding carboxylic acids is 1. The molecule has 1 heterocycles. The first-order valence-electron chi connectivity index (χ1n) is 9.73.